The number of amides is 1. The largest absolute Gasteiger partial charge is 0.393 e. The highest BCUT2D eigenvalue weighted by Crippen LogP contribution is 2.13. The van der Waals surface area contributed by atoms with Crippen molar-refractivity contribution in [3.8, 4) is 0 Å². The van der Waals surface area contributed by atoms with E-state index in [0.29, 0.717) is 12.8 Å². The molecule has 0 heterocycles. The Morgan fingerprint density at radius 3 is 2.41 bits per heavy atom. The summed E-state index contributed by atoms with van der Waals surface area (Å²) in [4.78, 5) is 11.6. The summed E-state index contributed by atoms with van der Waals surface area (Å²) in [6, 6.07) is 8.13. The summed E-state index contributed by atoms with van der Waals surface area (Å²) in [5.41, 5.74) is 2.31. The quantitative estimate of drug-likeness (QED) is 0.823. The zero-order valence-electron chi connectivity index (χ0n) is 10.7. The van der Waals surface area contributed by atoms with Crippen LogP contribution in [-0.4, -0.2) is 17.1 Å². The van der Waals surface area contributed by atoms with Crippen LogP contribution in [0.3, 0.4) is 0 Å². The van der Waals surface area contributed by atoms with Gasteiger partial charge in [-0.25, -0.2) is 0 Å². The molecular formula is C14H21NO2. The Balaban J connectivity index is 2.46. The van der Waals surface area contributed by atoms with Crippen molar-refractivity contribution in [1.29, 1.82) is 0 Å². The number of carbonyl (C=O) groups is 1. The van der Waals surface area contributed by atoms with Crippen molar-refractivity contribution >= 4 is 5.91 Å². The van der Waals surface area contributed by atoms with Gasteiger partial charge in [-0.15, -0.1) is 0 Å². The number of benzene rings is 1. The monoisotopic (exact) mass is 235 g/mol. The lowest BCUT2D eigenvalue weighted by molar-refractivity contribution is -0.122. The first-order valence-electron chi connectivity index (χ1n) is 6.03. The molecule has 94 valence electrons. The number of rotatable bonds is 5. The minimum Gasteiger partial charge on any atom is -0.393 e. The van der Waals surface area contributed by atoms with Gasteiger partial charge in [-0.2, -0.15) is 0 Å². The minimum absolute atomic E-state index is 0.0112. The maximum absolute atomic E-state index is 11.6. The third kappa shape index (κ3) is 5.00. The number of aliphatic hydroxyl groups excluding tert-OH is 1. The molecule has 3 nitrogen and oxygen atoms in total. The topological polar surface area (TPSA) is 49.3 Å². The van der Waals surface area contributed by atoms with E-state index in [9.17, 15) is 4.79 Å². The van der Waals surface area contributed by atoms with E-state index in [1.165, 1.54) is 5.56 Å². The van der Waals surface area contributed by atoms with Gasteiger partial charge >= 0.3 is 0 Å². The molecule has 2 N–H and O–H groups in total. The molecule has 2 unspecified atom stereocenters. The molecule has 0 saturated carbocycles. The molecule has 2 atom stereocenters. The van der Waals surface area contributed by atoms with E-state index >= 15 is 0 Å². The maximum Gasteiger partial charge on any atom is 0.220 e. The zero-order valence-corrected chi connectivity index (χ0v) is 10.7. The molecule has 3 heteroatoms. The molecule has 0 aliphatic rings. The molecule has 1 aromatic rings. The standard InChI is InChI=1S/C14H21NO2/c1-10-4-7-13(8-5-10)12(3)15-14(17)9-6-11(2)16/h4-5,7-8,11-12,16H,6,9H2,1-3H3,(H,15,17). The van der Waals surface area contributed by atoms with Gasteiger partial charge in [0, 0.05) is 6.42 Å². The Bertz CT molecular complexity index is 357. The molecule has 0 radical (unpaired) electrons. The Kier molecular flexibility index (Phi) is 5.16. The number of hydrogen-bond acceptors (Lipinski definition) is 2. The van der Waals surface area contributed by atoms with Crippen molar-refractivity contribution in [2.24, 2.45) is 0 Å². The van der Waals surface area contributed by atoms with Crippen LogP contribution in [0.5, 0.6) is 0 Å². The molecule has 0 fully saturated rings. The van der Waals surface area contributed by atoms with Crippen LogP contribution < -0.4 is 5.32 Å². The van der Waals surface area contributed by atoms with Crippen molar-refractivity contribution in [2.75, 3.05) is 0 Å². The summed E-state index contributed by atoms with van der Waals surface area (Å²) in [5, 5.41) is 12.0. The van der Waals surface area contributed by atoms with Crippen molar-refractivity contribution in [3.05, 3.63) is 35.4 Å². The van der Waals surface area contributed by atoms with Crippen LogP contribution in [0, 0.1) is 6.92 Å². The summed E-state index contributed by atoms with van der Waals surface area (Å²) in [6.07, 6.45) is 0.454. The summed E-state index contributed by atoms with van der Waals surface area (Å²) >= 11 is 0. The van der Waals surface area contributed by atoms with E-state index in [-0.39, 0.29) is 11.9 Å². The fraction of sp³-hybridized carbons (Fsp3) is 0.500. The van der Waals surface area contributed by atoms with E-state index < -0.39 is 6.10 Å². The van der Waals surface area contributed by atoms with Crippen molar-refractivity contribution in [1.82, 2.24) is 5.32 Å². The first-order chi connectivity index (χ1) is 7.99. The predicted molar refractivity (Wildman–Crippen MR) is 68.7 cm³/mol. The highest BCUT2D eigenvalue weighted by molar-refractivity contribution is 5.76. The first kappa shape index (κ1) is 13.7. The van der Waals surface area contributed by atoms with Crippen LogP contribution >= 0.6 is 0 Å². The zero-order chi connectivity index (χ0) is 12.8. The smallest absolute Gasteiger partial charge is 0.220 e. The summed E-state index contributed by atoms with van der Waals surface area (Å²) in [6.45, 7) is 5.69. The van der Waals surface area contributed by atoms with E-state index in [1.54, 1.807) is 6.92 Å². The van der Waals surface area contributed by atoms with Gasteiger partial charge in [-0.1, -0.05) is 29.8 Å². The van der Waals surface area contributed by atoms with Crippen LogP contribution in [0.1, 0.15) is 43.9 Å². The Morgan fingerprint density at radius 1 is 1.29 bits per heavy atom. The lowest BCUT2D eigenvalue weighted by atomic mass is 10.1. The van der Waals surface area contributed by atoms with Crippen molar-refractivity contribution in [2.45, 2.75) is 45.8 Å². The molecular weight excluding hydrogens is 214 g/mol. The van der Waals surface area contributed by atoms with Gasteiger partial charge in [-0.3, -0.25) is 4.79 Å². The van der Waals surface area contributed by atoms with E-state index in [0.717, 1.165) is 5.56 Å². The molecule has 1 aromatic carbocycles. The molecule has 0 aliphatic heterocycles. The highest BCUT2D eigenvalue weighted by atomic mass is 16.3. The van der Waals surface area contributed by atoms with Crippen molar-refractivity contribution < 1.29 is 9.90 Å². The lowest BCUT2D eigenvalue weighted by Crippen LogP contribution is -2.27. The van der Waals surface area contributed by atoms with Crippen LogP contribution in [-0.2, 0) is 4.79 Å². The maximum atomic E-state index is 11.6. The molecule has 0 bridgehead atoms. The second kappa shape index (κ2) is 6.40. The second-order valence-corrected chi connectivity index (χ2v) is 4.59. The fourth-order valence-corrected chi connectivity index (χ4v) is 1.59. The highest BCUT2D eigenvalue weighted by Gasteiger charge is 2.09. The van der Waals surface area contributed by atoms with Gasteiger partial charge in [0.1, 0.15) is 0 Å². The molecule has 0 saturated heterocycles. The van der Waals surface area contributed by atoms with Gasteiger partial charge in [0.15, 0.2) is 0 Å². The lowest BCUT2D eigenvalue weighted by Gasteiger charge is -2.15. The normalized spacial score (nSPS) is 14.1. The summed E-state index contributed by atoms with van der Waals surface area (Å²) in [7, 11) is 0. The number of hydrogen-bond donors (Lipinski definition) is 2. The van der Waals surface area contributed by atoms with Crippen LogP contribution in [0.2, 0.25) is 0 Å². The van der Waals surface area contributed by atoms with Crippen LogP contribution in [0.4, 0.5) is 0 Å². The first-order valence-corrected chi connectivity index (χ1v) is 6.03. The van der Waals surface area contributed by atoms with Gasteiger partial charge in [0.25, 0.3) is 0 Å². The van der Waals surface area contributed by atoms with Gasteiger partial charge in [0.2, 0.25) is 5.91 Å². The Labute approximate surface area is 103 Å². The molecule has 0 spiro atoms. The Morgan fingerprint density at radius 2 is 1.88 bits per heavy atom. The third-order valence-corrected chi connectivity index (χ3v) is 2.74. The van der Waals surface area contributed by atoms with E-state index in [1.807, 2.05) is 38.1 Å². The summed E-state index contributed by atoms with van der Waals surface area (Å²) in [5.74, 6) is -0.0148. The number of nitrogens with one attached hydrogen (secondary N) is 1. The number of aryl methyl sites for hydroxylation is 1. The molecule has 1 rings (SSSR count). The SMILES string of the molecule is Cc1ccc(C(C)NC(=O)CCC(C)O)cc1. The predicted octanol–water partition coefficient (Wildman–Crippen LogP) is 2.33. The van der Waals surface area contributed by atoms with Crippen molar-refractivity contribution in [3.63, 3.8) is 0 Å². The minimum atomic E-state index is -0.421. The second-order valence-electron chi connectivity index (χ2n) is 4.59. The number of aliphatic hydroxyl groups is 1. The van der Waals surface area contributed by atoms with Gasteiger partial charge < -0.3 is 10.4 Å². The summed E-state index contributed by atoms with van der Waals surface area (Å²) < 4.78 is 0. The molecule has 0 aromatic heterocycles. The van der Waals surface area contributed by atoms with E-state index in [4.69, 9.17) is 5.11 Å². The van der Waals surface area contributed by atoms with Gasteiger partial charge in [0.05, 0.1) is 12.1 Å². The fourth-order valence-electron chi connectivity index (χ4n) is 1.59. The van der Waals surface area contributed by atoms with E-state index in [2.05, 4.69) is 5.32 Å². The number of carbonyl (C=O) groups excluding carboxylic acids is 1. The molecule has 0 aliphatic carbocycles. The molecule has 1 amide bonds. The average Bonchev–Trinajstić information content (AvgIpc) is 2.27. The average molecular weight is 235 g/mol. The van der Waals surface area contributed by atoms with Crippen LogP contribution in [0.25, 0.3) is 0 Å². The Hall–Kier alpha value is -1.35. The third-order valence-electron chi connectivity index (χ3n) is 2.74. The van der Waals surface area contributed by atoms with Crippen LogP contribution in [0.15, 0.2) is 24.3 Å². The molecule has 17 heavy (non-hydrogen) atoms. The van der Waals surface area contributed by atoms with Gasteiger partial charge in [-0.05, 0) is 32.8 Å².